The molecule has 0 atom stereocenters. The fourth-order valence-corrected chi connectivity index (χ4v) is 14.1. The molecule has 0 aromatic carbocycles. The topological polar surface area (TPSA) is 0 Å². The van der Waals surface area contributed by atoms with E-state index < -0.39 is 5.31 Å². The molecular formula is C30H64BrP. The van der Waals surface area contributed by atoms with Crippen molar-refractivity contribution in [2.75, 3.05) is 24.6 Å². The SMILES string of the molecule is CCCCCCCCCCCCCCCCCCP(Br)(CCCC)(CCCC)CCCC. The molecule has 0 nitrogen and oxygen atoms in total. The van der Waals surface area contributed by atoms with Crippen LogP contribution in [0.5, 0.6) is 0 Å². The van der Waals surface area contributed by atoms with E-state index in [1.54, 1.807) is 0 Å². The quantitative estimate of drug-likeness (QED) is 0.0763. The summed E-state index contributed by atoms with van der Waals surface area (Å²) in [7, 11) is 0. The Morgan fingerprint density at radius 1 is 0.312 bits per heavy atom. The van der Waals surface area contributed by atoms with Crippen molar-refractivity contribution < 1.29 is 0 Å². The van der Waals surface area contributed by atoms with Gasteiger partial charge in [0.25, 0.3) is 0 Å². The van der Waals surface area contributed by atoms with Gasteiger partial charge in [-0.15, -0.1) is 0 Å². The predicted molar refractivity (Wildman–Crippen MR) is 160 cm³/mol. The Bertz CT molecular complexity index is 356. The normalized spacial score (nSPS) is 13.3. The van der Waals surface area contributed by atoms with Crippen LogP contribution in [0.1, 0.15) is 169 Å². The molecule has 0 bridgehead atoms. The Morgan fingerprint density at radius 2 is 0.531 bits per heavy atom. The summed E-state index contributed by atoms with van der Waals surface area (Å²) in [6.07, 6.45) is 38.0. The van der Waals surface area contributed by atoms with Gasteiger partial charge >= 0.3 is 175 Å². The van der Waals surface area contributed by atoms with E-state index in [1.165, 1.54) is 166 Å². The summed E-state index contributed by atoms with van der Waals surface area (Å²) >= 11 is 4.57. The molecule has 0 fully saturated rings. The summed E-state index contributed by atoms with van der Waals surface area (Å²) < 4.78 is 0. The van der Waals surface area contributed by atoms with Gasteiger partial charge in [-0.05, 0) is 0 Å². The van der Waals surface area contributed by atoms with Crippen LogP contribution in [-0.2, 0) is 0 Å². The fourth-order valence-electron chi connectivity index (χ4n) is 5.39. The first-order chi connectivity index (χ1) is 15.5. The van der Waals surface area contributed by atoms with Gasteiger partial charge in [0.05, 0.1) is 0 Å². The summed E-state index contributed by atoms with van der Waals surface area (Å²) in [5.74, 6) is 0. The van der Waals surface area contributed by atoms with Gasteiger partial charge < -0.3 is 0 Å². The molecule has 0 spiro atoms. The van der Waals surface area contributed by atoms with Crippen LogP contribution in [0, 0.1) is 0 Å². The van der Waals surface area contributed by atoms with Crippen molar-refractivity contribution in [3.8, 4) is 0 Å². The molecule has 32 heavy (non-hydrogen) atoms. The van der Waals surface area contributed by atoms with Crippen molar-refractivity contribution in [2.24, 2.45) is 0 Å². The van der Waals surface area contributed by atoms with Crippen molar-refractivity contribution in [3.63, 3.8) is 0 Å². The molecule has 0 aliphatic rings. The van der Waals surface area contributed by atoms with Crippen LogP contribution in [0.3, 0.4) is 0 Å². The van der Waals surface area contributed by atoms with E-state index in [0.717, 1.165) is 0 Å². The van der Waals surface area contributed by atoms with Gasteiger partial charge in [0.2, 0.25) is 0 Å². The molecule has 0 aliphatic heterocycles. The maximum atomic E-state index is 4.57. The summed E-state index contributed by atoms with van der Waals surface area (Å²) in [5, 5.41) is -1.64. The van der Waals surface area contributed by atoms with Crippen LogP contribution in [0.15, 0.2) is 0 Å². The Hall–Kier alpha value is 0.910. The van der Waals surface area contributed by atoms with E-state index in [4.69, 9.17) is 0 Å². The van der Waals surface area contributed by atoms with E-state index in [-0.39, 0.29) is 0 Å². The van der Waals surface area contributed by atoms with Gasteiger partial charge in [-0.25, -0.2) is 0 Å². The molecule has 2 heteroatoms. The van der Waals surface area contributed by atoms with Gasteiger partial charge in [0, 0.05) is 0 Å². The van der Waals surface area contributed by atoms with Crippen LogP contribution in [-0.4, -0.2) is 24.6 Å². The first kappa shape index (κ1) is 32.9. The average molecular weight is 536 g/mol. The minimum atomic E-state index is -1.64. The number of halogens is 1. The first-order valence-electron chi connectivity index (χ1n) is 15.3. The van der Waals surface area contributed by atoms with E-state index in [9.17, 15) is 0 Å². The second-order valence-electron chi connectivity index (χ2n) is 11.1. The molecule has 0 radical (unpaired) electrons. The maximum absolute atomic E-state index is 4.57. The van der Waals surface area contributed by atoms with Crippen molar-refractivity contribution in [2.45, 2.75) is 169 Å². The van der Waals surface area contributed by atoms with Crippen LogP contribution >= 0.6 is 20.8 Å². The monoisotopic (exact) mass is 534 g/mol. The second-order valence-corrected chi connectivity index (χ2v) is 22.5. The van der Waals surface area contributed by atoms with Gasteiger partial charge in [0.1, 0.15) is 0 Å². The second kappa shape index (κ2) is 22.4. The Labute approximate surface area is 213 Å². The Morgan fingerprint density at radius 3 is 0.812 bits per heavy atom. The number of unbranched alkanes of at least 4 members (excludes halogenated alkanes) is 18. The number of hydrogen-bond donors (Lipinski definition) is 0. The molecule has 0 aromatic heterocycles. The molecule has 196 valence electrons. The van der Waals surface area contributed by atoms with Gasteiger partial charge in [0.15, 0.2) is 0 Å². The molecule has 0 heterocycles. The standard InChI is InChI=1S/C30H64BrP/c1-5-9-13-14-15-16-17-18-19-20-21-22-23-24-25-26-30-32(31,27-10-6-2,28-11-7-3)29-12-8-4/h5-30H2,1-4H3. The number of hydrogen-bond acceptors (Lipinski definition) is 0. The molecule has 0 aliphatic carbocycles. The van der Waals surface area contributed by atoms with Crippen LogP contribution < -0.4 is 0 Å². The van der Waals surface area contributed by atoms with Crippen molar-refractivity contribution in [1.29, 1.82) is 0 Å². The zero-order valence-corrected chi connectivity index (χ0v) is 25.7. The third-order valence-electron chi connectivity index (χ3n) is 7.78. The molecule has 0 saturated carbocycles. The molecule has 0 saturated heterocycles. The van der Waals surface area contributed by atoms with E-state index in [2.05, 4.69) is 43.2 Å². The Kier molecular flexibility index (Phi) is 23.0. The minimum absolute atomic E-state index is 1.36. The molecule has 0 aromatic rings. The molecule has 0 N–H and O–H groups in total. The third kappa shape index (κ3) is 18.3. The summed E-state index contributed by atoms with van der Waals surface area (Å²) in [5.41, 5.74) is 0. The van der Waals surface area contributed by atoms with Gasteiger partial charge in [-0.1, -0.05) is 39.0 Å². The fraction of sp³-hybridized carbons (Fsp3) is 1.00. The van der Waals surface area contributed by atoms with Crippen molar-refractivity contribution in [3.05, 3.63) is 0 Å². The Balaban J connectivity index is 3.88. The van der Waals surface area contributed by atoms with E-state index in [0.29, 0.717) is 0 Å². The number of rotatable bonds is 26. The van der Waals surface area contributed by atoms with Crippen molar-refractivity contribution in [1.82, 2.24) is 0 Å². The van der Waals surface area contributed by atoms with Crippen molar-refractivity contribution >= 4 is 20.8 Å². The molecule has 0 amide bonds. The predicted octanol–water partition coefficient (Wildman–Crippen LogP) is 12.5. The molecule has 0 rings (SSSR count). The van der Waals surface area contributed by atoms with Gasteiger partial charge in [-0.2, -0.15) is 0 Å². The van der Waals surface area contributed by atoms with Crippen LogP contribution in [0.25, 0.3) is 0 Å². The zero-order chi connectivity index (χ0) is 23.8. The van der Waals surface area contributed by atoms with E-state index in [1.807, 2.05) is 0 Å². The molecule has 0 unspecified atom stereocenters. The zero-order valence-electron chi connectivity index (χ0n) is 23.2. The third-order valence-corrected chi connectivity index (χ3v) is 17.8. The van der Waals surface area contributed by atoms with Gasteiger partial charge in [-0.3, -0.25) is 0 Å². The van der Waals surface area contributed by atoms with Crippen LogP contribution in [0.2, 0.25) is 0 Å². The molecular weight excluding hydrogens is 471 g/mol. The van der Waals surface area contributed by atoms with E-state index >= 15 is 0 Å². The average Bonchev–Trinajstić information content (AvgIpc) is 2.80. The summed E-state index contributed by atoms with van der Waals surface area (Å²) in [4.78, 5) is 0. The first-order valence-corrected chi connectivity index (χ1v) is 20.3. The summed E-state index contributed by atoms with van der Waals surface area (Å²) in [6, 6.07) is 0. The summed E-state index contributed by atoms with van der Waals surface area (Å²) in [6.45, 7) is 9.44. The van der Waals surface area contributed by atoms with Crippen LogP contribution in [0.4, 0.5) is 0 Å².